The van der Waals surface area contributed by atoms with Crippen LogP contribution in [0.15, 0.2) is 66.7 Å². The lowest BCUT2D eigenvalue weighted by Crippen LogP contribution is -2.55. The van der Waals surface area contributed by atoms with E-state index in [9.17, 15) is 9.59 Å². The number of imidazole rings is 1. The normalized spacial score (nSPS) is 25.0. The molecule has 0 radical (unpaired) electrons. The molecule has 4 saturated carbocycles. The van der Waals surface area contributed by atoms with Crippen LogP contribution in [0, 0.1) is 23.7 Å². The minimum atomic E-state index is -0.189. The van der Waals surface area contributed by atoms with E-state index in [1.807, 2.05) is 30.3 Å². The molecule has 7 nitrogen and oxygen atoms in total. The van der Waals surface area contributed by atoms with Crippen molar-refractivity contribution in [3.8, 4) is 17.1 Å². The number of ether oxygens (including phenoxy) is 1. The maximum atomic E-state index is 13.2. The van der Waals surface area contributed by atoms with Gasteiger partial charge in [-0.2, -0.15) is 0 Å². The van der Waals surface area contributed by atoms with Gasteiger partial charge in [0.2, 0.25) is 0 Å². The Hall–Kier alpha value is -4.13. The van der Waals surface area contributed by atoms with Gasteiger partial charge in [-0.1, -0.05) is 12.1 Å². The molecule has 0 saturated heterocycles. The second-order valence-electron chi connectivity index (χ2n) is 11.5. The summed E-state index contributed by atoms with van der Waals surface area (Å²) < 4.78 is 5.16. The minimum absolute atomic E-state index is 0.00569. The number of aromatic nitrogens is 2. The summed E-state index contributed by atoms with van der Waals surface area (Å²) >= 11 is 0. The van der Waals surface area contributed by atoms with Crippen LogP contribution in [0.3, 0.4) is 0 Å². The van der Waals surface area contributed by atoms with E-state index in [1.165, 1.54) is 32.1 Å². The number of nitrogens with one attached hydrogen (secondary N) is 3. The van der Waals surface area contributed by atoms with E-state index in [-0.39, 0.29) is 11.8 Å². The summed E-state index contributed by atoms with van der Waals surface area (Å²) in [7, 11) is 1.61. The van der Waals surface area contributed by atoms with Gasteiger partial charge >= 0.3 is 0 Å². The minimum Gasteiger partial charge on any atom is -0.497 e. The fraction of sp³-hybridized carbons (Fsp3) is 0.344. The molecule has 198 valence electrons. The van der Waals surface area contributed by atoms with Crippen LogP contribution in [0.2, 0.25) is 0 Å². The lowest BCUT2D eigenvalue weighted by molar-refractivity contribution is -0.0119. The van der Waals surface area contributed by atoms with Crippen LogP contribution in [0.25, 0.3) is 22.4 Å². The first-order valence-electron chi connectivity index (χ1n) is 13.9. The number of nitrogens with zero attached hydrogens (tertiary/aromatic N) is 1. The van der Waals surface area contributed by atoms with E-state index in [4.69, 9.17) is 9.72 Å². The lowest BCUT2D eigenvalue weighted by Gasteiger charge is -2.54. The number of fused-ring (bicyclic) bond motifs is 1. The van der Waals surface area contributed by atoms with Crippen molar-refractivity contribution in [2.75, 3.05) is 12.4 Å². The van der Waals surface area contributed by atoms with Gasteiger partial charge < -0.3 is 20.4 Å². The Morgan fingerprint density at radius 2 is 1.49 bits per heavy atom. The number of H-pyrrole nitrogens is 1. The average molecular weight is 521 g/mol. The third kappa shape index (κ3) is 4.56. The van der Waals surface area contributed by atoms with Gasteiger partial charge in [-0.15, -0.1) is 0 Å². The Kier molecular flexibility index (Phi) is 5.87. The van der Waals surface area contributed by atoms with Crippen molar-refractivity contribution in [3.05, 3.63) is 77.9 Å². The Bertz CT molecular complexity index is 1510. The summed E-state index contributed by atoms with van der Waals surface area (Å²) in [6.45, 7) is 0. The Morgan fingerprint density at radius 3 is 2.15 bits per heavy atom. The first-order chi connectivity index (χ1) is 19.0. The highest BCUT2D eigenvalue weighted by Crippen LogP contribution is 2.53. The van der Waals surface area contributed by atoms with E-state index < -0.39 is 0 Å². The van der Waals surface area contributed by atoms with E-state index in [1.54, 1.807) is 43.5 Å². The fourth-order valence-electron chi connectivity index (χ4n) is 7.34. The number of rotatable bonds is 6. The summed E-state index contributed by atoms with van der Waals surface area (Å²) in [4.78, 5) is 34.0. The molecule has 0 atom stereocenters. The summed E-state index contributed by atoms with van der Waals surface area (Å²) in [5, 5.41) is 6.30. The number of hydrogen-bond acceptors (Lipinski definition) is 4. The maximum absolute atomic E-state index is 13.2. The maximum Gasteiger partial charge on any atom is 0.255 e. The Labute approximate surface area is 227 Å². The third-order valence-corrected chi connectivity index (χ3v) is 9.04. The summed E-state index contributed by atoms with van der Waals surface area (Å²) in [6, 6.07) is 20.5. The molecule has 3 N–H and O–H groups in total. The SMILES string of the molecule is COc1ccc(NC(=O)c2ccc(-c3nc4cc(C(=O)NC5C6C[C@H]7C[C@@H](C6)C[C@@H]5C7)ccc4[nH]3)cc2)cc1. The smallest absolute Gasteiger partial charge is 0.255 e. The second kappa shape index (κ2) is 9.56. The Morgan fingerprint density at radius 1 is 0.821 bits per heavy atom. The molecule has 0 spiro atoms. The van der Waals surface area contributed by atoms with Gasteiger partial charge in [0, 0.05) is 28.4 Å². The van der Waals surface area contributed by atoms with Crippen LogP contribution in [0.1, 0.15) is 52.8 Å². The van der Waals surface area contributed by atoms with Crippen LogP contribution in [-0.4, -0.2) is 34.9 Å². The van der Waals surface area contributed by atoms with Crippen molar-refractivity contribution in [2.45, 2.75) is 38.1 Å². The molecule has 4 aliphatic carbocycles. The van der Waals surface area contributed by atoms with Gasteiger partial charge in [0.25, 0.3) is 11.8 Å². The van der Waals surface area contributed by atoms with Crippen LogP contribution in [-0.2, 0) is 0 Å². The average Bonchev–Trinajstić information content (AvgIpc) is 3.38. The topological polar surface area (TPSA) is 96.1 Å². The molecular weight excluding hydrogens is 488 g/mol. The van der Waals surface area contributed by atoms with Crippen molar-refractivity contribution in [1.82, 2.24) is 15.3 Å². The fourth-order valence-corrected chi connectivity index (χ4v) is 7.34. The van der Waals surface area contributed by atoms with Gasteiger partial charge in [0.05, 0.1) is 18.1 Å². The van der Waals surface area contributed by atoms with Crippen LogP contribution < -0.4 is 15.4 Å². The number of benzene rings is 3. The first-order valence-corrected chi connectivity index (χ1v) is 13.9. The van der Waals surface area contributed by atoms with Gasteiger partial charge in [0.15, 0.2) is 0 Å². The van der Waals surface area contributed by atoms with E-state index >= 15 is 0 Å². The largest absolute Gasteiger partial charge is 0.497 e. The number of hydrogen-bond donors (Lipinski definition) is 3. The van der Waals surface area contributed by atoms with Crippen molar-refractivity contribution in [3.63, 3.8) is 0 Å². The number of methoxy groups -OCH3 is 1. The standard InChI is InChI=1S/C32H32N4O3/c1-39-26-9-7-25(8-10-26)33-31(37)21-4-2-20(3-5-21)30-34-27-11-6-22(17-28(27)35-30)32(38)36-29-23-13-18-12-19(15-23)16-24(29)14-18/h2-11,17-19,23-24,29H,12-16H2,1H3,(H,33,37)(H,34,35)(H,36,38)/t18-,19+,23-,24?,29?. The summed E-state index contributed by atoms with van der Waals surface area (Å²) in [5.74, 6) is 4.31. The molecule has 4 bridgehead atoms. The van der Waals surface area contributed by atoms with E-state index in [0.29, 0.717) is 40.5 Å². The predicted molar refractivity (Wildman–Crippen MR) is 151 cm³/mol. The molecule has 1 aromatic heterocycles. The third-order valence-electron chi connectivity index (χ3n) is 9.04. The second-order valence-corrected chi connectivity index (χ2v) is 11.5. The molecule has 8 rings (SSSR count). The Balaban J connectivity index is 1.04. The zero-order valence-corrected chi connectivity index (χ0v) is 21.9. The molecule has 0 aliphatic heterocycles. The molecule has 3 aromatic carbocycles. The molecule has 7 heteroatoms. The zero-order valence-electron chi connectivity index (χ0n) is 21.9. The first kappa shape index (κ1) is 23.9. The van der Waals surface area contributed by atoms with Crippen molar-refractivity contribution in [1.29, 1.82) is 0 Å². The summed E-state index contributed by atoms with van der Waals surface area (Å²) in [6.07, 6.45) is 6.53. The molecular formula is C32H32N4O3. The molecule has 1 heterocycles. The molecule has 39 heavy (non-hydrogen) atoms. The van der Waals surface area contributed by atoms with Gasteiger partial charge in [0.1, 0.15) is 11.6 Å². The predicted octanol–water partition coefficient (Wildman–Crippen LogP) is 6.05. The van der Waals surface area contributed by atoms with Gasteiger partial charge in [-0.3, -0.25) is 9.59 Å². The van der Waals surface area contributed by atoms with Gasteiger partial charge in [-0.25, -0.2) is 4.98 Å². The quantitative estimate of drug-likeness (QED) is 0.289. The van der Waals surface area contributed by atoms with Crippen LogP contribution in [0.5, 0.6) is 5.75 Å². The molecule has 2 amide bonds. The molecule has 4 fully saturated rings. The van der Waals surface area contributed by atoms with Crippen molar-refractivity contribution < 1.29 is 14.3 Å². The summed E-state index contributed by atoms with van der Waals surface area (Å²) in [5.41, 5.74) is 4.40. The highest BCUT2D eigenvalue weighted by Gasteiger charge is 2.48. The zero-order chi connectivity index (χ0) is 26.5. The van der Waals surface area contributed by atoms with Crippen LogP contribution >= 0.6 is 0 Å². The number of anilines is 1. The highest BCUT2D eigenvalue weighted by atomic mass is 16.5. The number of aromatic amines is 1. The monoisotopic (exact) mass is 520 g/mol. The highest BCUT2D eigenvalue weighted by molar-refractivity contribution is 6.04. The van der Waals surface area contributed by atoms with E-state index in [0.717, 1.165) is 34.2 Å². The van der Waals surface area contributed by atoms with Gasteiger partial charge in [-0.05, 0) is 110 Å². The van der Waals surface area contributed by atoms with Crippen LogP contribution in [0.4, 0.5) is 5.69 Å². The van der Waals surface area contributed by atoms with Crippen molar-refractivity contribution >= 4 is 28.5 Å². The molecule has 0 unspecified atom stereocenters. The number of carbonyl (C=O) groups is 2. The van der Waals surface area contributed by atoms with Crippen molar-refractivity contribution in [2.24, 2.45) is 23.7 Å². The number of amides is 2. The molecule has 4 aliphatic rings. The van der Waals surface area contributed by atoms with E-state index in [2.05, 4.69) is 15.6 Å². The molecule has 4 aromatic rings. The lowest BCUT2D eigenvalue weighted by atomic mass is 9.54. The number of carbonyl (C=O) groups excluding carboxylic acids is 2.